The summed E-state index contributed by atoms with van der Waals surface area (Å²) in [6, 6.07) is 18.5. The molecule has 0 heterocycles. The van der Waals surface area contributed by atoms with Gasteiger partial charge >= 0.3 is 5.97 Å². The summed E-state index contributed by atoms with van der Waals surface area (Å²) < 4.78 is 4.94. The maximum Gasteiger partial charge on any atom is 0.379 e. The average Bonchev–Trinajstić information content (AvgIpc) is 2.52. The van der Waals surface area contributed by atoms with E-state index < -0.39 is 11.8 Å². The highest BCUT2D eigenvalue weighted by Crippen LogP contribution is 2.03. The maximum absolute atomic E-state index is 11.6. The molecular formula is C17H14O3. The summed E-state index contributed by atoms with van der Waals surface area (Å²) in [6.07, 6.45) is 2.81. The molecule has 0 unspecified atom stereocenters. The number of benzene rings is 2. The third-order valence-electron chi connectivity index (χ3n) is 2.64. The van der Waals surface area contributed by atoms with Gasteiger partial charge in [-0.25, -0.2) is 4.79 Å². The number of ether oxygens (including phenoxy) is 1. The van der Waals surface area contributed by atoms with Crippen molar-refractivity contribution in [3.8, 4) is 0 Å². The van der Waals surface area contributed by atoms with Crippen LogP contribution in [0.1, 0.15) is 11.1 Å². The van der Waals surface area contributed by atoms with E-state index in [1.165, 1.54) is 6.08 Å². The summed E-state index contributed by atoms with van der Waals surface area (Å²) in [6.45, 7) is 0.102. The van der Waals surface area contributed by atoms with Gasteiger partial charge < -0.3 is 4.74 Å². The molecule has 3 heteroatoms. The Balaban J connectivity index is 1.86. The summed E-state index contributed by atoms with van der Waals surface area (Å²) in [5.41, 5.74) is 1.71. The van der Waals surface area contributed by atoms with Crippen molar-refractivity contribution in [3.63, 3.8) is 0 Å². The SMILES string of the molecule is O=C(C=Cc1ccccc1)C(=O)OCc1ccccc1. The highest BCUT2D eigenvalue weighted by atomic mass is 16.5. The molecule has 20 heavy (non-hydrogen) atoms. The minimum absolute atomic E-state index is 0.102. The lowest BCUT2D eigenvalue weighted by Crippen LogP contribution is -2.14. The number of rotatable bonds is 5. The zero-order valence-corrected chi connectivity index (χ0v) is 10.9. The van der Waals surface area contributed by atoms with E-state index >= 15 is 0 Å². The minimum atomic E-state index is -0.846. The number of carbonyl (C=O) groups excluding carboxylic acids is 2. The van der Waals surface area contributed by atoms with E-state index in [4.69, 9.17) is 4.74 Å². The molecule has 2 rings (SSSR count). The van der Waals surface area contributed by atoms with Gasteiger partial charge in [0.25, 0.3) is 5.78 Å². The Hall–Kier alpha value is -2.68. The number of carbonyl (C=O) groups is 2. The molecule has 0 atom stereocenters. The average molecular weight is 266 g/mol. The summed E-state index contributed by atoms with van der Waals surface area (Å²) in [4.78, 5) is 23.1. The molecule has 3 nitrogen and oxygen atoms in total. The van der Waals surface area contributed by atoms with Crippen LogP contribution >= 0.6 is 0 Å². The smallest absolute Gasteiger partial charge is 0.379 e. The molecule has 0 N–H and O–H groups in total. The van der Waals surface area contributed by atoms with E-state index in [0.29, 0.717) is 0 Å². The molecule has 2 aromatic carbocycles. The van der Waals surface area contributed by atoms with E-state index in [2.05, 4.69) is 0 Å². The molecule has 0 aliphatic heterocycles. The van der Waals surface area contributed by atoms with Crippen LogP contribution in [0.15, 0.2) is 66.7 Å². The zero-order chi connectivity index (χ0) is 14.2. The first-order chi connectivity index (χ1) is 9.75. The molecule has 100 valence electrons. The third-order valence-corrected chi connectivity index (χ3v) is 2.64. The van der Waals surface area contributed by atoms with E-state index in [1.807, 2.05) is 60.7 Å². The molecule has 0 saturated carbocycles. The van der Waals surface area contributed by atoms with Gasteiger partial charge in [-0.1, -0.05) is 66.7 Å². The molecule has 0 spiro atoms. The van der Waals surface area contributed by atoms with Crippen molar-refractivity contribution in [2.45, 2.75) is 6.61 Å². The first-order valence-corrected chi connectivity index (χ1v) is 6.24. The molecule has 0 aromatic heterocycles. The van der Waals surface area contributed by atoms with Crippen molar-refractivity contribution in [2.24, 2.45) is 0 Å². The van der Waals surface area contributed by atoms with Crippen molar-refractivity contribution in [1.82, 2.24) is 0 Å². The Morgan fingerprint density at radius 3 is 2.15 bits per heavy atom. The highest BCUT2D eigenvalue weighted by molar-refractivity contribution is 6.39. The fraction of sp³-hybridized carbons (Fsp3) is 0.0588. The quantitative estimate of drug-likeness (QED) is 0.474. The molecular weight excluding hydrogens is 252 g/mol. The third kappa shape index (κ3) is 4.21. The Labute approximate surface area is 117 Å². The van der Waals surface area contributed by atoms with Crippen LogP contribution in [-0.2, 0) is 20.9 Å². The lowest BCUT2D eigenvalue weighted by molar-refractivity contribution is -0.152. The van der Waals surface area contributed by atoms with E-state index in [9.17, 15) is 9.59 Å². The second-order valence-electron chi connectivity index (χ2n) is 4.17. The van der Waals surface area contributed by atoms with Gasteiger partial charge in [0.2, 0.25) is 0 Å². The molecule has 0 fully saturated rings. The van der Waals surface area contributed by atoms with Gasteiger partial charge in [0, 0.05) is 0 Å². The van der Waals surface area contributed by atoms with Gasteiger partial charge in [0.05, 0.1) is 0 Å². The summed E-state index contributed by atoms with van der Waals surface area (Å²) in [7, 11) is 0. The molecule has 0 aliphatic carbocycles. The van der Waals surface area contributed by atoms with E-state index in [-0.39, 0.29) is 6.61 Å². The standard InChI is InChI=1S/C17H14O3/c18-16(12-11-14-7-3-1-4-8-14)17(19)20-13-15-9-5-2-6-10-15/h1-12H,13H2. The number of hydrogen-bond donors (Lipinski definition) is 0. The monoisotopic (exact) mass is 266 g/mol. The lowest BCUT2D eigenvalue weighted by atomic mass is 10.2. The first kappa shape index (κ1) is 13.7. The zero-order valence-electron chi connectivity index (χ0n) is 10.9. The van der Waals surface area contributed by atoms with Crippen LogP contribution in [0.4, 0.5) is 0 Å². The first-order valence-electron chi connectivity index (χ1n) is 6.24. The van der Waals surface area contributed by atoms with Gasteiger partial charge in [0.1, 0.15) is 6.61 Å². The summed E-state index contributed by atoms with van der Waals surface area (Å²) in [5, 5.41) is 0. The van der Waals surface area contributed by atoms with Gasteiger partial charge in [-0.3, -0.25) is 4.79 Å². The van der Waals surface area contributed by atoms with Crippen molar-refractivity contribution in [3.05, 3.63) is 77.9 Å². The fourth-order valence-electron chi connectivity index (χ4n) is 1.60. The molecule has 0 radical (unpaired) electrons. The van der Waals surface area contributed by atoms with Crippen LogP contribution in [0, 0.1) is 0 Å². The predicted octanol–water partition coefficient (Wildman–Crippen LogP) is 3.01. The molecule has 0 aliphatic rings. The normalized spacial score (nSPS) is 10.4. The van der Waals surface area contributed by atoms with Crippen LogP contribution in [-0.4, -0.2) is 11.8 Å². The van der Waals surface area contributed by atoms with E-state index in [1.54, 1.807) is 6.08 Å². The second kappa shape index (κ2) is 7.04. The Kier molecular flexibility index (Phi) is 4.84. The molecule has 0 amide bonds. The fourth-order valence-corrected chi connectivity index (χ4v) is 1.60. The van der Waals surface area contributed by atoms with E-state index in [0.717, 1.165) is 11.1 Å². The van der Waals surface area contributed by atoms with Crippen LogP contribution < -0.4 is 0 Å². The van der Waals surface area contributed by atoms with Crippen molar-refractivity contribution in [1.29, 1.82) is 0 Å². The number of esters is 1. The van der Waals surface area contributed by atoms with Gasteiger partial charge in [-0.15, -0.1) is 0 Å². The topological polar surface area (TPSA) is 43.4 Å². The number of hydrogen-bond acceptors (Lipinski definition) is 3. The second-order valence-corrected chi connectivity index (χ2v) is 4.17. The Bertz CT molecular complexity index is 601. The molecule has 0 saturated heterocycles. The van der Waals surface area contributed by atoms with Gasteiger partial charge in [-0.2, -0.15) is 0 Å². The Morgan fingerprint density at radius 1 is 0.900 bits per heavy atom. The maximum atomic E-state index is 11.6. The van der Waals surface area contributed by atoms with Gasteiger partial charge in [-0.05, 0) is 17.2 Å². The summed E-state index contributed by atoms with van der Waals surface area (Å²) in [5.74, 6) is -1.51. The van der Waals surface area contributed by atoms with Crippen LogP contribution in [0.25, 0.3) is 6.08 Å². The highest BCUT2D eigenvalue weighted by Gasteiger charge is 2.11. The lowest BCUT2D eigenvalue weighted by Gasteiger charge is -2.02. The van der Waals surface area contributed by atoms with Crippen LogP contribution in [0.2, 0.25) is 0 Å². The molecule has 2 aromatic rings. The van der Waals surface area contributed by atoms with Crippen LogP contribution in [0.5, 0.6) is 0 Å². The van der Waals surface area contributed by atoms with Gasteiger partial charge in [0.15, 0.2) is 0 Å². The predicted molar refractivity (Wildman–Crippen MR) is 76.7 cm³/mol. The van der Waals surface area contributed by atoms with Crippen molar-refractivity contribution < 1.29 is 14.3 Å². The summed E-state index contributed by atoms with van der Waals surface area (Å²) >= 11 is 0. The Morgan fingerprint density at radius 2 is 1.50 bits per heavy atom. The minimum Gasteiger partial charge on any atom is -0.455 e. The number of ketones is 1. The molecule has 0 bridgehead atoms. The van der Waals surface area contributed by atoms with Crippen LogP contribution in [0.3, 0.4) is 0 Å². The van der Waals surface area contributed by atoms with Crippen molar-refractivity contribution in [2.75, 3.05) is 0 Å². The largest absolute Gasteiger partial charge is 0.455 e. The van der Waals surface area contributed by atoms with Crippen molar-refractivity contribution >= 4 is 17.8 Å².